The first-order valence-corrected chi connectivity index (χ1v) is 9.80. The van der Waals surface area contributed by atoms with Crippen molar-refractivity contribution in [1.82, 2.24) is 9.97 Å². The molecule has 3 heterocycles. The zero-order valence-electron chi connectivity index (χ0n) is 14.8. The van der Waals surface area contributed by atoms with E-state index in [4.69, 9.17) is 0 Å². The Bertz CT molecular complexity index is 1180. The van der Waals surface area contributed by atoms with Crippen LogP contribution in [0, 0.1) is 6.92 Å². The van der Waals surface area contributed by atoms with Gasteiger partial charge in [0, 0.05) is 34.8 Å². The Morgan fingerprint density at radius 1 is 1.15 bits per heavy atom. The van der Waals surface area contributed by atoms with E-state index in [0.717, 1.165) is 39.1 Å². The number of carbonyl (C=O) groups excluding carboxylic acids is 1. The zero-order valence-corrected chi connectivity index (χ0v) is 15.7. The van der Waals surface area contributed by atoms with E-state index < -0.39 is 0 Å². The van der Waals surface area contributed by atoms with Crippen LogP contribution in [0.2, 0.25) is 0 Å². The number of thiazole rings is 1. The van der Waals surface area contributed by atoms with Crippen LogP contribution in [-0.4, -0.2) is 22.4 Å². The van der Waals surface area contributed by atoms with Gasteiger partial charge < -0.3 is 4.90 Å². The van der Waals surface area contributed by atoms with E-state index in [-0.39, 0.29) is 5.91 Å². The molecule has 0 bridgehead atoms. The molecule has 0 radical (unpaired) electrons. The van der Waals surface area contributed by atoms with Crippen LogP contribution in [0.25, 0.3) is 22.0 Å². The molecule has 0 atom stereocenters. The summed E-state index contributed by atoms with van der Waals surface area (Å²) in [5.41, 5.74) is 4.79. The number of carbonyl (C=O) groups is 1. The summed E-state index contributed by atoms with van der Waals surface area (Å²) in [6.45, 7) is 2.69. The van der Waals surface area contributed by atoms with Crippen molar-refractivity contribution in [3.8, 4) is 11.3 Å². The lowest BCUT2D eigenvalue weighted by atomic mass is 10.1. The van der Waals surface area contributed by atoms with Gasteiger partial charge in [0.2, 0.25) is 0 Å². The Kier molecular flexibility index (Phi) is 3.76. The van der Waals surface area contributed by atoms with E-state index in [1.54, 1.807) is 17.5 Å². The average Bonchev–Trinajstić information content (AvgIpc) is 3.32. The number of hydrogen-bond donors (Lipinski definition) is 0. The van der Waals surface area contributed by atoms with Gasteiger partial charge in [0.25, 0.3) is 5.91 Å². The highest BCUT2D eigenvalue weighted by Gasteiger charge is 2.27. The number of benzene rings is 2. The average molecular weight is 371 g/mol. The number of hydrogen-bond acceptors (Lipinski definition) is 4. The highest BCUT2D eigenvalue weighted by molar-refractivity contribution is 7.09. The van der Waals surface area contributed by atoms with Crippen molar-refractivity contribution in [1.29, 1.82) is 0 Å². The second kappa shape index (κ2) is 6.28. The molecular formula is C22H17N3OS. The predicted molar refractivity (Wildman–Crippen MR) is 109 cm³/mol. The fourth-order valence-corrected chi connectivity index (χ4v) is 4.31. The minimum absolute atomic E-state index is 0.0391. The molecule has 0 saturated carbocycles. The first-order chi connectivity index (χ1) is 13.2. The van der Waals surface area contributed by atoms with Gasteiger partial charge in [-0.3, -0.25) is 9.78 Å². The Labute approximate surface area is 161 Å². The van der Waals surface area contributed by atoms with Gasteiger partial charge in [-0.2, -0.15) is 0 Å². The van der Waals surface area contributed by atoms with E-state index in [9.17, 15) is 4.79 Å². The van der Waals surface area contributed by atoms with Crippen molar-refractivity contribution in [2.75, 3.05) is 11.4 Å². The lowest BCUT2D eigenvalue weighted by Crippen LogP contribution is -2.29. The van der Waals surface area contributed by atoms with Crippen molar-refractivity contribution >= 4 is 33.7 Å². The fourth-order valence-electron chi connectivity index (χ4n) is 3.69. The van der Waals surface area contributed by atoms with Crippen LogP contribution in [0.15, 0.2) is 60.1 Å². The lowest BCUT2D eigenvalue weighted by molar-refractivity contribution is 0.0986. The minimum atomic E-state index is -0.0391. The second-order valence-electron chi connectivity index (χ2n) is 6.68. The van der Waals surface area contributed by atoms with Crippen molar-refractivity contribution in [2.24, 2.45) is 0 Å². The van der Waals surface area contributed by atoms with Crippen molar-refractivity contribution in [2.45, 2.75) is 13.3 Å². The molecule has 4 nitrogen and oxygen atoms in total. The van der Waals surface area contributed by atoms with Gasteiger partial charge in [-0.25, -0.2) is 4.98 Å². The highest BCUT2D eigenvalue weighted by Crippen LogP contribution is 2.34. The van der Waals surface area contributed by atoms with E-state index in [2.05, 4.69) is 27.5 Å². The zero-order chi connectivity index (χ0) is 18.4. The normalized spacial score (nSPS) is 13.1. The largest absolute Gasteiger partial charge is 0.306 e. The molecule has 0 spiro atoms. The van der Waals surface area contributed by atoms with Gasteiger partial charge in [0.15, 0.2) is 0 Å². The monoisotopic (exact) mass is 371 g/mol. The van der Waals surface area contributed by atoms with Crippen molar-refractivity contribution < 1.29 is 4.79 Å². The number of pyridine rings is 1. The first-order valence-electron chi connectivity index (χ1n) is 8.92. The van der Waals surface area contributed by atoms with Crippen molar-refractivity contribution in [3.05, 3.63) is 76.4 Å². The summed E-state index contributed by atoms with van der Waals surface area (Å²) in [5.74, 6) is -0.0391. The summed E-state index contributed by atoms with van der Waals surface area (Å²) < 4.78 is 0. The third-order valence-corrected chi connectivity index (χ3v) is 5.78. The quantitative estimate of drug-likeness (QED) is 0.505. The molecule has 1 aliphatic rings. The third-order valence-electron chi connectivity index (χ3n) is 5.01. The first kappa shape index (κ1) is 16.1. The van der Waals surface area contributed by atoms with Crippen LogP contribution < -0.4 is 4.90 Å². The van der Waals surface area contributed by atoms with Gasteiger partial charge >= 0.3 is 0 Å². The molecule has 5 heteroatoms. The maximum absolute atomic E-state index is 13.2. The highest BCUT2D eigenvalue weighted by atomic mass is 32.1. The second-order valence-corrected chi connectivity index (χ2v) is 7.74. The molecule has 132 valence electrons. The Hall–Kier alpha value is -3.05. The molecule has 0 unspecified atom stereocenters. The summed E-state index contributed by atoms with van der Waals surface area (Å²) >= 11 is 1.65. The summed E-state index contributed by atoms with van der Waals surface area (Å²) in [4.78, 5) is 24.0. The molecule has 4 aromatic rings. The SMILES string of the molecule is Cc1nc(-c2ccc3c(c2)CCN3C(=O)c2nccc3ccccc23)cs1. The molecule has 0 N–H and O–H groups in total. The van der Waals surface area contributed by atoms with Gasteiger partial charge in [0.1, 0.15) is 5.69 Å². The van der Waals surface area contributed by atoms with Gasteiger partial charge in [0.05, 0.1) is 10.7 Å². The molecule has 2 aromatic carbocycles. The topological polar surface area (TPSA) is 46.1 Å². The summed E-state index contributed by atoms with van der Waals surface area (Å²) in [6, 6.07) is 16.1. The maximum Gasteiger partial charge on any atom is 0.277 e. The van der Waals surface area contributed by atoms with Crippen LogP contribution in [0.1, 0.15) is 21.1 Å². The molecule has 1 aliphatic heterocycles. The van der Waals surface area contributed by atoms with E-state index in [1.165, 1.54) is 5.56 Å². The summed E-state index contributed by atoms with van der Waals surface area (Å²) in [6.07, 6.45) is 2.56. The molecule has 2 aromatic heterocycles. The van der Waals surface area contributed by atoms with Crippen molar-refractivity contribution in [3.63, 3.8) is 0 Å². The smallest absolute Gasteiger partial charge is 0.277 e. The Balaban J connectivity index is 1.52. The number of aryl methyl sites for hydroxylation is 1. The van der Waals surface area contributed by atoms with Crippen LogP contribution in [-0.2, 0) is 6.42 Å². The molecular weight excluding hydrogens is 354 g/mol. The number of anilines is 1. The standard InChI is InChI=1S/C22H17N3OS/c1-14-24-19(13-27-14)16-6-7-20-17(12-16)9-11-25(20)22(26)21-18-5-3-2-4-15(18)8-10-23-21/h2-8,10,12-13H,9,11H2,1H3. The van der Waals surface area contributed by atoms with Crippen LogP contribution in [0.4, 0.5) is 5.69 Å². The lowest BCUT2D eigenvalue weighted by Gasteiger charge is -2.18. The fraction of sp³-hybridized carbons (Fsp3) is 0.136. The van der Waals surface area contributed by atoms with Gasteiger partial charge in [-0.15, -0.1) is 11.3 Å². The molecule has 27 heavy (non-hydrogen) atoms. The third kappa shape index (κ3) is 2.71. The van der Waals surface area contributed by atoms with E-state index in [1.807, 2.05) is 48.2 Å². The minimum Gasteiger partial charge on any atom is -0.306 e. The number of amides is 1. The number of nitrogens with zero attached hydrogens (tertiary/aromatic N) is 3. The maximum atomic E-state index is 13.2. The number of rotatable bonds is 2. The Morgan fingerprint density at radius 2 is 2.04 bits per heavy atom. The molecule has 0 saturated heterocycles. The van der Waals surface area contributed by atoms with E-state index >= 15 is 0 Å². The number of fused-ring (bicyclic) bond motifs is 2. The molecule has 0 fully saturated rings. The molecule has 5 rings (SSSR count). The molecule has 1 amide bonds. The predicted octanol–water partition coefficient (Wildman–Crippen LogP) is 4.87. The van der Waals surface area contributed by atoms with Gasteiger partial charge in [-0.1, -0.05) is 30.3 Å². The molecule has 0 aliphatic carbocycles. The summed E-state index contributed by atoms with van der Waals surface area (Å²) in [7, 11) is 0. The van der Waals surface area contributed by atoms with Gasteiger partial charge in [-0.05, 0) is 42.5 Å². The Morgan fingerprint density at radius 3 is 2.89 bits per heavy atom. The summed E-state index contributed by atoms with van der Waals surface area (Å²) in [5, 5.41) is 5.07. The van der Waals surface area contributed by atoms with Crippen LogP contribution in [0.3, 0.4) is 0 Å². The van der Waals surface area contributed by atoms with E-state index in [0.29, 0.717) is 12.2 Å². The number of aromatic nitrogens is 2. The van der Waals surface area contributed by atoms with Crippen LogP contribution in [0.5, 0.6) is 0 Å². The van der Waals surface area contributed by atoms with Crippen LogP contribution >= 0.6 is 11.3 Å².